The van der Waals surface area contributed by atoms with Crippen molar-refractivity contribution >= 4 is 11.9 Å². The molecular formula is C13H15F3N2O3. The normalized spacial score (nSPS) is 12.8. The molecule has 0 aliphatic carbocycles. The van der Waals surface area contributed by atoms with Crippen LogP contribution in [0.3, 0.4) is 0 Å². The van der Waals surface area contributed by atoms with Crippen LogP contribution in [-0.2, 0) is 22.3 Å². The monoisotopic (exact) mass is 304 g/mol. The van der Waals surface area contributed by atoms with Crippen molar-refractivity contribution in [3.8, 4) is 0 Å². The van der Waals surface area contributed by atoms with Gasteiger partial charge >= 0.3 is 12.1 Å². The van der Waals surface area contributed by atoms with E-state index in [2.05, 4.69) is 10.6 Å². The molecule has 1 unspecified atom stereocenters. The van der Waals surface area contributed by atoms with Crippen LogP contribution in [0.5, 0.6) is 0 Å². The molecule has 21 heavy (non-hydrogen) atoms. The summed E-state index contributed by atoms with van der Waals surface area (Å²) in [7, 11) is 0. The summed E-state index contributed by atoms with van der Waals surface area (Å²) in [4.78, 5) is 21.7. The molecule has 0 aliphatic rings. The lowest BCUT2D eigenvalue weighted by Gasteiger charge is -2.16. The van der Waals surface area contributed by atoms with E-state index < -0.39 is 29.7 Å². The highest BCUT2D eigenvalue weighted by Gasteiger charge is 2.32. The summed E-state index contributed by atoms with van der Waals surface area (Å²) in [5.74, 6) is -1.79. The zero-order chi connectivity index (χ0) is 16.0. The van der Waals surface area contributed by atoms with Crippen LogP contribution in [0.1, 0.15) is 18.1 Å². The molecular weight excluding hydrogens is 289 g/mol. The van der Waals surface area contributed by atoms with Gasteiger partial charge in [-0.05, 0) is 11.6 Å². The van der Waals surface area contributed by atoms with Crippen molar-refractivity contribution in [2.75, 3.05) is 6.54 Å². The van der Waals surface area contributed by atoms with E-state index in [0.717, 1.165) is 13.0 Å². The van der Waals surface area contributed by atoms with Crippen LogP contribution in [0.25, 0.3) is 0 Å². The minimum atomic E-state index is -4.47. The number of amides is 1. The summed E-state index contributed by atoms with van der Waals surface area (Å²) in [5, 5.41) is 13.7. The van der Waals surface area contributed by atoms with Gasteiger partial charge in [0.1, 0.15) is 6.04 Å². The number of hydrogen-bond acceptors (Lipinski definition) is 3. The Morgan fingerprint density at radius 1 is 1.29 bits per heavy atom. The molecule has 5 nitrogen and oxygen atoms in total. The van der Waals surface area contributed by atoms with Gasteiger partial charge in [0.2, 0.25) is 5.91 Å². The fraction of sp³-hybridized carbons (Fsp3) is 0.385. The van der Waals surface area contributed by atoms with Crippen LogP contribution in [0, 0.1) is 0 Å². The molecule has 116 valence electrons. The van der Waals surface area contributed by atoms with Gasteiger partial charge in [-0.1, -0.05) is 18.2 Å². The molecule has 0 spiro atoms. The van der Waals surface area contributed by atoms with E-state index in [1.54, 1.807) is 0 Å². The van der Waals surface area contributed by atoms with Crippen LogP contribution in [0.15, 0.2) is 24.3 Å². The predicted octanol–water partition coefficient (Wildman–Crippen LogP) is 1.38. The maximum Gasteiger partial charge on any atom is 0.416 e. The Hall–Kier alpha value is -2.09. The number of rotatable bonds is 6. The first kappa shape index (κ1) is 17.0. The van der Waals surface area contributed by atoms with Crippen molar-refractivity contribution < 1.29 is 27.9 Å². The molecule has 1 amide bonds. The lowest BCUT2D eigenvalue weighted by atomic mass is 10.1. The van der Waals surface area contributed by atoms with Gasteiger partial charge in [-0.2, -0.15) is 13.2 Å². The standard InChI is InChI=1S/C13H15F3N2O3/c1-8(19)18-11(12(20)21)7-17-6-9-4-2-3-5-10(9)13(14,15)16/h2-5,11,17H,6-7H2,1H3,(H,18,19)(H,20,21). The number of aliphatic carboxylic acids is 1. The first-order valence-electron chi connectivity index (χ1n) is 6.07. The third-order valence-electron chi connectivity index (χ3n) is 2.66. The van der Waals surface area contributed by atoms with Gasteiger partial charge in [0.05, 0.1) is 5.56 Å². The third-order valence-corrected chi connectivity index (χ3v) is 2.66. The summed E-state index contributed by atoms with van der Waals surface area (Å²) in [6, 6.07) is 3.82. The average Bonchev–Trinajstić information content (AvgIpc) is 2.36. The zero-order valence-corrected chi connectivity index (χ0v) is 11.2. The highest BCUT2D eigenvalue weighted by Crippen LogP contribution is 2.31. The van der Waals surface area contributed by atoms with Crippen molar-refractivity contribution in [1.29, 1.82) is 0 Å². The molecule has 1 aromatic rings. The summed E-state index contributed by atoms with van der Waals surface area (Å²) in [5.41, 5.74) is -0.763. The molecule has 0 radical (unpaired) electrons. The molecule has 0 saturated carbocycles. The summed E-state index contributed by atoms with van der Waals surface area (Å²) in [6.07, 6.45) is -4.47. The van der Waals surface area contributed by atoms with E-state index >= 15 is 0 Å². The number of carbonyl (C=O) groups excluding carboxylic acids is 1. The Labute approximate surface area is 119 Å². The number of carboxylic acid groups (broad SMARTS) is 1. The van der Waals surface area contributed by atoms with Crippen LogP contribution >= 0.6 is 0 Å². The highest BCUT2D eigenvalue weighted by atomic mass is 19.4. The molecule has 0 bridgehead atoms. The number of hydrogen-bond donors (Lipinski definition) is 3. The number of alkyl halides is 3. The second-order valence-electron chi connectivity index (χ2n) is 4.38. The molecule has 0 aliphatic heterocycles. The number of carbonyl (C=O) groups is 2. The lowest BCUT2D eigenvalue weighted by molar-refractivity contribution is -0.141. The van der Waals surface area contributed by atoms with Gasteiger partial charge in [-0.25, -0.2) is 4.79 Å². The summed E-state index contributed by atoms with van der Waals surface area (Å²) in [6.45, 7) is 0.828. The van der Waals surface area contributed by atoms with E-state index in [0.29, 0.717) is 0 Å². The number of benzene rings is 1. The predicted molar refractivity (Wildman–Crippen MR) is 68.4 cm³/mol. The zero-order valence-electron chi connectivity index (χ0n) is 11.2. The minimum Gasteiger partial charge on any atom is -0.480 e. The first-order chi connectivity index (χ1) is 9.71. The fourth-order valence-corrected chi connectivity index (χ4v) is 1.75. The second kappa shape index (κ2) is 7.07. The highest BCUT2D eigenvalue weighted by molar-refractivity contribution is 5.82. The molecule has 8 heteroatoms. The van der Waals surface area contributed by atoms with E-state index in [1.807, 2.05) is 0 Å². The van der Waals surface area contributed by atoms with Gasteiger partial charge in [0.25, 0.3) is 0 Å². The SMILES string of the molecule is CC(=O)NC(CNCc1ccccc1C(F)(F)F)C(=O)O. The molecule has 0 heterocycles. The van der Waals surface area contributed by atoms with Gasteiger partial charge < -0.3 is 15.7 Å². The van der Waals surface area contributed by atoms with Crippen molar-refractivity contribution in [1.82, 2.24) is 10.6 Å². The molecule has 1 aromatic carbocycles. The van der Waals surface area contributed by atoms with Gasteiger partial charge in [0, 0.05) is 20.0 Å². The van der Waals surface area contributed by atoms with E-state index in [1.165, 1.54) is 18.2 Å². The van der Waals surface area contributed by atoms with Crippen LogP contribution in [-0.4, -0.2) is 29.6 Å². The number of carboxylic acids is 1. The van der Waals surface area contributed by atoms with Crippen LogP contribution in [0.2, 0.25) is 0 Å². The maximum absolute atomic E-state index is 12.8. The quantitative estimate of drug-likeness (QED) is 0.742. The van der Waals surface area contributed by atoms with E-state index in [-0.39, 0.29) is 18.7 Å². The maximum atomic E-state index is 12.8. The van der Waals surface area contributed by atoms with Crippen molar-refractivity contribution in [3.63, 3.8) is 0 Å². The minimum absolute atomic E-state index is 0.0111. The van der Waals surface area contributed by atoms with Crippen molar-refractivity contribution in [3.05, 3.63) is 35.4 Å². The smallest absolute Gasteiger partial charge is 0.416 e. The Bertz CT molecular complexity index is 518. The molecule has 0 fully saturated rings. The number of halogens is 3. The Balaban J connectivity index is 2.67. The molecule has 0 saturated heterocycles. The molecule has 1 rings (SSSR count). The van der Waals surface area contributed by atoms with Crippen LogP contribution < -0.4 is 10.6 Å². The van der Waals surface area contributed by atoms with Crippen LogP contribution in [0.4, 0.5) is 13.2 Å². The van der Waals surface area contributed by atoms with Gasteiger partial charge in [0.15, 0.2) is 0 Å². The van der Waals surface area contributed by atoms with Gasteiger partial charge in [-0.15, -0.1) is 0 Å². The molecule has 1 atom stereocenters. The van der Waals surface area contributed by atoms with E-state index in [4.69, 9.17) is 5.11 Å². The third kappa shape index (κ3) is 5.42. The Kier molecular flexibility index (Phi) is 5.71. The first-order valence-corrected chi connectivity index (χ1v) is 6.07. The van der Waals surface area contributed by atoms with Crippen molar-refractivity contribution in [2.24, 2.45) is 0 Å². The average molecular weight is 304 g/mol. The molecule has 3 N–H and O–H groups in total. The van der Waals surface area contributed by atoms with E-state index in [9.17, 15) is 22.8 Å². The van der Waals surface area contributed by atoms with Crippen molar-refractivity contribution in [2.45, 2.75) is 25.7 Å². The largest absolute Gasteiger partial charge is 0.480 e. The topological polar surface area (TPSA) is 78.4 Å². The summed E-state index contributed by atoms with van der Waals surface area (Å²) >= 11 is 0. The lowest BCUT2D eigenvalue weighted by Crippen LogP contribution is -2.46. The van der Waals surface area contributed by atoms with Gasteiger partial charge in [-0.3, -0.25) is 4.79 Å². The molecule has 0 aromatic heterocycles. The second-order valence-corrected chi connectivity index (χ2v) is 4.38. The summed E-state index contributed by atoms with van der Waals surface area (Å²) < 4.78 is 38.3. The number of nitrogens with one attached hydrogen (secondary N) is 2. The Morgan fingerprint density at radius 3 is 2.43 bits per heavy atom. The fourth-order valence-electron chi connectivity index (χ4n) is 1.75. The Morgan fingerprint density at radius 2 is 1.90 bits per heavy atom.